The van der Waals surface area contributed by atoms with Crippen molar-refractivity contribution in [1.82, 2.24) is 9.55 Å². The van der Waals surface area contributed by atoms with Crippen LogP contribution in [0.4, 0.5) is 10.7 Å². The Hall–Kier alpha value is -2.93. The molecule has 0 spiro atoms. The molecule has 0 saturated carbocycles. The Balaban J connectivity index is 1.69. The van der Waals surface area contributed by atoms with E-state index in [2.05, 4.69) is 10.3 Å². The van der Waals surface area contributed by atoms with Crippen LogP contribution in [0.15, 0.2) is 48.9 Å². The molecule has 0 aromatic carbocycles. The molecule has 132 valence electrons. The predicted octanol–water partition coefficient (Wildman–Crippen LogP) is 3.73. The molecule has 1 aliphatic heterocycles. The molecule has 0 bridgehead atoms. The lowest BCUT2D eigenvalue weighted by Gasteiger charge is -2.32. The van der Waals surface area contributed by atoms with Crippen molar-refractivity contribution < 1.29 is 9.59 Å². The van der Waals surface area contributed by atoms with Gasteiger partial charge in [-0.3, -0.25) is 19.5 Å². The van der Waals surface area contributed by atoms with Gasteiger partial charge in [-0.25, -0.2) is 0 Å². The summed E-state index contributed by atoms with van der Waals surface area (Å²) >= 11 is 1.58. The molecule has 2 amide bonds. The molecule has 3 aromatic heterocycles. The van der Waals surface area contributed by atoms with Crippen molar-refractivity contribution in [1.29, 1.82) is 0 Å². The van der Waals surface area contributed by atoms with Gasteiger partial charge < -0.3 is 9.88 Å². The molecule has 0 fully saturated rings. The topological polar surface area (TPSA) is 67.2 Å². The number of amides is 2. The van der Waals surface area contributed by atoms with Crippen LogP contribution in [-0.2, 0) is 0 Å². The summed E-state index contributed by atoms with van der Waals surface area (Å²) in [6, 6.07) is 9.26. The fourth-order valence-corrected chi connectivity index (χ4v) is 4.05. The van der Waals surface area contributed by atoms with Gasteiger partial charge in [0.15, 0.2) is 0 Å². The third-order valence-corrected chi connectivity index (χ3v) is 5.46. The van der Waals surface area contributed by atoms with Crippen LogP contribution < -0.4 is 10.2 Å². The first-order valence-electron chi connectivity index (χ1n) is 8.35. The lowest BCUT2D eigenvalue weighted by atomic mass is 10.1. The van der Waals surface area contributed by atoms with Gasteiger partial charge in [-0.15, -0.1) is 11.3 Å². The Morgan fingerprint density at radius 1 is 1.31 bits per heavy atom. The second-order valence-corrected chi connectivity index (χ2v) is 7.60. The minimum absolute atomic E-state index is 0.0880. The first kappa shape index (κ1) is 16.5. The average Bonchev–Trinajstić information content (AvgIpc) is 3.26. The molecule has 4 heterocycles. The number of pyridine rings is 1. The highest BCUT2D eigenvalue weighted by atomic mass is 32.1. The maximum atomic E-state index is 13.1. The molecule has 6 nitrogen and oxygen atoms in total. The van der Waals surface area contributed by atoms with Crippen LogP contribution in [0, 0.1) is 6.92 Å². The summed E-state index contributed by atoms with van der Waals surface area (Å²) < 4.78 is 1.89. The van der Waals surface area contributed by atoms with Crippen molar-refractivity contribution in [2.24, 2.45) is 0 Å². The maximum Gasteiger partial charge on any atom is 0.276 e. The first-order chi connectivity index (χ1) is 12.5. The second-order valence-electron chi connectivity index (χ2n) is 6.33. The molecule has 4 rings (SSSR count). The highest BCUT2D eigenvalue weighted by Gasteiger charge is 2.34. The van der Waals surface area contributed by atoms with Crippen LogP contribution in [0.25, 0.3) is 0 Å². The fraction of sp³-hybridized carbons (Fsp3) is 0.211. The number of anilines is 2. The lowest BCUT2D eigenvalue weighted by Crippen LogP contribution is -2.42. The van der Waals surface area contributed by atoms with Crippen LogP contribution in [0.5, 0.6) is 0 Å². The van der Waals surface area contributed by atoms with Gasteiger partial charge in [-0.1, -0.05) is 0 Å². The van der Waals surface area contributed by atoms with Gasteiger partial charge in [0.2, 0.25) is 0 Å². The van der Waals surface area contributed by atoms with Crippen LogP contribution in [0.1, 0.15) is 38.7 Å². The maximum absolute atomic E-state index is 13.1. The van der Waals surface area contributed by atoms with Gasteiger partial charge >= 0.3 is 0 Å². The number of rotatable bonds is 3. The number of aromatic nitrogens is 2. The molecule has 26 heavy (non-hydrogen) atoms. The largest absolute Gasteiger partial charge is 0.338 e. The molecule has 0 aliphatic carbocycles. The number of nitrogens with zero attached hydrogens (tertiary/aromatic N) is 3. The molecule has 0 unspecified atom stereocenters. The quantitative estimate of drug-likeness (QED) is 0.768. The van der Waals surface area contributed by atoms with E-state index in [4.69, 9.17) is 0 Å². The third-order valence-electron chi connectivity index (χ3n) is 4.44. The zero-order valence-electron chi connectivity index (χ0n) is 14.5. The van der Waals surface area contributed by atoms with E-state index in [1.807, 2.05) is 36.7 Å². The molecule has 3 aromatic rings. The number of nitrogens with one attached hydrogen (secondary N) is 1. The van der Waals surface area contributed by atoms with Crippen molar-refractivity contribution in [3.8, 4) is 0 Å². The number of hydrogen-bond donors (Lipinski definition) is 1. The number of fused-ring (bicyclic) bond motifs is 1. The monoisotopic (exact) mass is 366 g/mol. The van der Waals surface area contributed by atoms with E-state index in [0.717, 1.165) is 9.88 Å². The summed E-state index contributed by atoms with van der Waals surface area (Å²) in [5.74, 6) is -0.456. The summed E-state index contributed by atoms with van der Waals surface area (Å²) in [6.45, 7) is 4.65. The highest BCUT2D eigenvalue weighted by Crippen LogP contribution is 2.33. The third kappa shape index (κ3) is 2.80. The Bertz CT molecular complexity index is 977. The Kier molecular flexibility index (Phi) is 4.08. The predicted molar refractivity (Wildman–Crippen MR) is 102 cm³/mol. The molecule has 1 aliphatic rings. The van der Waals surface area contributed by atoms with Crippen molar-refractivity contribution in [2.45, 2.75) is 19.9 Å². The summed E-state index contributed by atoms with van der Waals surface area (Å²) in [6.07, 6.45) is 5.03. The molecule has 1 N–H and O–H groups in total. The summed E-state index contributed by atoms with van der Waals surface area (Å²) in [7, 11) is 0. The fourth-order valence-electron chi connectivity index (χ4n) is 3.18. The minimum Gasteiger partial charge on any atom is -0.338 e. The smallest absolute Gasteiger partial charge is 0.276 e. The molecule has 0 saturated heterocycles. The Morgan fingerprint density at radius 3 is 2.85 bits per heavy atom. The van der Waals surface area contributed by atoms with E-state index < -0.39 is 0 Å². The molecular formula is C19H18N4O2S. The lowest BCUT2D eigenvalue weighted by molar-refractivity contribution is 0.0943. The van der Waals surface area contributed by atoms with Crippen LogP contribution in [0.2, 0.25) is 0 Å². The van der Waals surface area contributed by atoms with E-state index in [0.29, 0.717) is 23.5 Å². The van der Waals surface area contributed by atoms with Gasteiger partial charge in [0, 0.05) is 29.9 Å². The van der Waals surface area contributed by atoms with E-state index in [-0.39, 0.29) is 17.9 Å². The van der Waals surface area contributed by atoms with Gasteiger partial charge in [0.25, 0.3) is 11.8 Å². The number of hydrogen-bond acceptors (Lipinski definition) is 4. The normalized spacial score (nSPS) is 16.5. The van der Waals surface area contributed by atoms with Gasteiger partial charge in [0.1, 0.15) is 5.69 Å². The van der Waals surface area contributed by atoms with Gasteiger partial charge in [0.05, 0.1) is 22.4 Å². The second kappa shape index (κ2) is 6.42. The van der Waals surface area contributed by atoms with Crippen LogP contribution in [-0.4, -0.2) is 27.9 Å². The number of thiophene rings is 1. The molecular weight excluding hydrogens is 348 g/mol. The van der Waals surface area contributed by atoms with Gasteiger partial charge in [-0.05, 0) is 44.2 Å². The highest BCUT2D eigenvalue weighted by molar-refractivity contribution is 7.16. The van der Waals surface area contributed by atoms with E-state index >= 15 is 0 Å². The van der Waals surface area contributed by atoms with Crippen LogP contribution >= 0.6 is 11.3 Å². The van der Waals surface area contributed by atoms with E-state index in [1.165, 1.54) is 0 Å². The minimum atomic E-state index is -0.309. The Morgan fingerprint density at radius 2 is 2.15 bits per heavy atom. The standard InChI is InChI=1S/C19H18N4O2S/c1-12-11-23(16-6-5-13(2)26-16)19(25)17-15(7-9-22(12)17)18(24)21-14-4-3-8-20-10-14/h3-10,12H,11H2,1-2H3,(H,21,24)/t12-/m0/s1. The molecule has 0 radical (unpaired) electrons. The summed E-state index contributed by atoms with van der Waals surface area (Å²) in [5, 5.41) is 3.71. The zero-order chi connectivity index (χ0) is 18.3. The van der Waals surface area contributed by atoms with Crippen molar-refractivity contribution >= 4 is 33.8 Å². The van der Waals surface area contributed by atoms with Crippen molar-refractivity contribution in [3.05, 3.63) is 65.1 Å². The summed E-state index contributed by atoms with van der Waals surface area (Å²) in [5.41, 5.74) is 1.40. The van der Waals surface area contributed by atoms with Crippen molar-refractivity contribution in [3.63, 3.8) is 0 Å². The SMILES string of the molecule is Cc1ccc(N2C[C@H](C)n3ccc(C(=O)Nc4cccnc4)c3C2=O)s1. The molecule has 7 heteroatoms. The average molecular weight is 366 g/mol. The van der Waals surface area contributed by atoms with Crippen molar-refractivity contribution in [2.75, 3.05) is 16.8 Å². The zero-order valence-corrected chi connectivity index (χ0v) is 15.3. The van der Waals surface area contributed by atoms with E-state index in [1.54, 1.807) is 46.8 Å². The number of carbonyl (C=O) groups is 2. The van der Waals surface area contributed by atoms with Crippen LogP contribution in [0.3, 0.4) is 0 Å². The number of carbonyl (C=O) groups excluding carboxylic acids is 2. The Labute approximate surface area is 155 Å². The number of aryl methyl sites for hydroxylation is 1. The summed E-state index contributed by atoms with van der Waals surface area (Å²) in [4.78, 5) is 32.8. The van der Waals surface area contributed by atoms with E-state index in [9.17, 15) is 9.59 Å². The first-order valence-corrected chi connectivity index (χ1v) is 9.17. The molecule has 1 atom stereocenters. The van der Waals surface area contributed by atoms with Gasteiger partial charge in [-0.2, -0.15) is 0 Å².